The zero-order valence-electron chi connectivity index (χ0n) is 12.4. The maximum Gasteiger partial charge on any atom is 0.326 e. The van der Waals surface area contributed by atoms with Crippen molar-refractivity contribution in [1.29, 1.82) is 0 Å². The molecule has 9 nitrogen and oxygen atoms in total. The molecular weight excluding hydrogens is 280 g/mol. The highest BCUT2D eigenvalue weighted by Gasteiger charge is 2.32. The number of carboxylic acids is 1. The van der Waals surface area contributed by atoms with Gasteiger partial charge in [-0.3, -0.25) is 14.4 Å². The number of carboxylic acid groups (broad SMARTS) is 1. The molecule has 0 bridgehead atoms. The second-order valence-electron chi connectivity index (χ2n) is 5.46. The molecule has 0 spiro atoms. The summed E-state index contributed by atoms with van der Waals surface area (Å²) < 4.78 is 0. The third-order valence-electron chi connectivity index (χ3n) is 2.50. The summed E-state index contributed by atoms with van der Waals surface area (Å²) in [7, 11) is 0. The zero-order chi connectivity index (χ0) is 16.6. The van der Waals surface area contributed by atoms with Crippen LogP contribution in [0.5, 0.6) is 0 Å². The molecule has 1 unspecified atom stereocenters. The number of nitrogens with two attached hydrogens (primary N) is 1. The Labute approximate surface area is 122 Å². The van der Waals surface area contributed by atoms with Crippen molar-refractivity contribution < 1.29 is 24.3 Å². The molecule has 120 valence electrons. The van der Waals surface area contributed by atoms with Crippen LogP contribution in [0.1, 0.15) is 20.8 Å². The Morgan fingerprint density at radius 2 is 1.48 bits per heavy atom. The Morgan fingerprint density at radius 1 is 1.00 bits per heavy atom. The van der Waals surface area contributed by atoms with Crippen LogP contribution in [0.25, 0.3) is 0 Å². The number of aliphatic carboxylic acids is 1. The molecule has 0 saturated carbocycles. The van der Waals surface area contributed by atoms with Crippen molar-refractivity contribution in [2.24, 2.45) is 11.1 Å². The highest BCUT2D eigenvalue weighted by atomic mass is 16.4. The van der Waals surface area contributed by atoms with Gasteiger partial charge in [0.05, 0.1) is 19.6 Å². The van der Waals surface area contributed by atoms with Gasteiger partial charge in [-0.2, -0.15) is 0 Å². The maximum absolute atomic E-state index is 11.6. The predicted octanol–water partition coefficient (Wildman–Crippen LogP) is -2.21. The fourth-order valence-corrected chi connectivity index (χ4v) is 1.35. The van der Waals surface area contributed by atoms with Crippen molar-refractivity contribution in [1.82, 2.24) is 16.0 Å². The topological polar surface area (TPSA) is 151 Å². The first-order chi connectivity index (χ1) is 9.57. The van der Waals surface area contributed by atoms with Crippen LogP contribution in [0.3, 0.4) is 0 Å². The lowest BCUT2D eigenvalue weighted by Crippen LogP contribution is -2.52. The van der Waals surface area contributed by atoms with E-state index < -0.39 is 35.1 Å². The van der Waals surface area contributed by atoms with Gasteiger partial charge in [0.2, 0.25) is 17.7 Å². The van der Waals surface area contributed by atoms with E-state index in [4.69, 9.17) is 10.8 Å². The monoisotopic (exact) mass is 302 g/mol. The summed E-state index contributed by atoms with van der Waals surface area (Å²) in [6.07, 6.45) is 0. The number of hydrogen-bond donors (Lipinski definition) is 5. The molecule has 0 aromatic carbocycles. The van der Waals surface area contributed by atoms with E-state index in [0.717, 1.165) is 0 Å². The van der Waals surface area contributed by atoms with Gasteiger partial charge in [0, 0.05) is 0 Å². The molecule has 0 rings (SSSR count). The molecule has 0 heterocycles. The molecule has 0 aliphatic carbocycles. The summed E-state index contributed by atoms with van der Waals surface area (Å²) in [6, 6.07) is -1.07. The Bertz CT molecular complexity index is 416. The molecule has 0 aromatic rings. The molecule has 21 heavy (non-hydrogen) atoms. The van der Waals surface area contributed by atoms with Crippen molar-refractivity contribution in [3.63, 3.8) is 0 Å². The van der Waals surface area contributed by atoms with Crippen LogP contribution < -0.4 is 21.7 Å². The van der Waals surface area contributed by atoms with Gasteiger partial charge in [-0.15, -0.1) is 0 Å². The minimum atomic E-state index is -1.16. The maximum atomic E-state index is 11.6. The van der Waals surface area contributed by atoms with Gasteiger partial charge in [0.1, 0.15) is 6.04 Å². The van der Waals surface area contributed by atoms with Crippen LogP contribution in [0.4, 0.5) is 0 Å². The first kappa shape index (κ1) is 18.8. The molecule has 0 saturated heterocycles. The summed E-state index contributed by atoms with van der Waals surface area (Å²) in [4.78, 5) is 44.8. The number of nitrogens with one attached hydrogen (secondary N) is 3. The van der Waals surface area contributed by atoms with E-state index in [1.54, 1.807) is 20.8 Å². The summed E-state index contributed by atoms with van der Waals surface area (Å²) in [5.41, 5.74) is 4.37. The van der Waals surface area contributed by atoms with E-state index in [1.165, 1.54) is 0 Å². The number of carbonyl (C=O) groups excluding carboxylic acids is 3. The number of amides is 3. The van der Waals surface area contributed by atoms with E-state index in [-0.39, 0.29) is 19.6 Å². The molecular formula is C12H22N4O5. The fourth-order valence-electron chi connectivity index (χ4n) is 1.35. The fraction of sp³-hybridized carbons (Fsp3) is 0.667. The number of carbonyl (C=O) groups is 4. The Balaban J connectivity index is 4.23. The van der Waals surface area contributed by atoms with Crippen molar-refractivity contribution in [2.75, 3.05) is 19.6 Å². The van der Waals surface area contributed by atoms with Gasteiger partial charge in [-0.25, -0.2) is 4.79 Å². The normalized spacial score (nSPS) is 12.2. The third kappa shape index (κ3) is 7.88. The molecule has 3 amide bonds. The van der Waals surface area contributed by atoms with Crippen LogP contribution in [-0.2, 0) is 19.2 Å². The number of rotatable bonds is 7. The van der Waals surface area contributed by atoms with Crippen molar-refractivity contribution >= 4 is 23.7 Å². The molecule has 0 aliphatic rings. The van der Waals surface area contributed by atoms with Gasteiger partial charge in [-0.1, -0.05) is 20.8 Å². The van der Waals surface area contributed by atoms with Gasteiger partial charge in [0.25, 0.3) is 0 Å². The molecule has 0 fully saturated rings. The SMILES string of the molecule is CC(C)(C)C(NC(=O)CNC(=O)CNC(=O)CN)C(=O)O. The predicted molar refractivity (Wildman–Crippen MR) is 74.1 cm³/mol. The average molecular weight is 302 g/mol. The van der Waals surface area contributed by atoms with Gasteiger partial charge >= 0.3 is 5.97 Å². The lowest BCUT2D eigenvalue weighted by molar-refractivity contribution is -0.144. The minimum Gasteiger partial charge on any atom is -0.480 e. The Hall–Kier alpha value is -2.16. The van der Waals surface area contributed by atoms with Crippen LogP contribution >= 0.6 is 0 Å². The summed E-state index contributed by atoms with van der Waals surface area (Å²) in [6.45, 7) is 4.11. The first-order valence-electron chi connectivity index (χ1n) is 6.33. The third-order valence-corrected chi connectivity index (χ3v) is 2.50. The second kappa shape index (κ2) is 8.20. The Morgan fingerprint density at radius 3 is 1.90 bits per heavy atom. The molecule has 6 N–H and O–H groups in total. The van der Waals surface area contributed by atoms with Crippen LogP contribution in [-0.4, -0.2) is 54.5 Å². The summed E-state index contributed by atoms with van der Waals surface area (Å²) in [5, 5.41) is 15.9. The Kier molecular flexibility index (Phi) is 7.36. The highest BCUT2D eigenvalue weighted by molar-refractivity contribution is 5.90. The van der Waals surface area contributed by atoms with E-state index >= 15 is 0 Å². The summed E-state index contributed by atoms with van der Waals surface area (Å²) in [5.74, 6) is -2.85. The first-order valence-corrected chi connectivity index (χ1v) is 6.33. The van der Waals surface area contributed by atoms with Crippen molar-refractivity contribution in [3.8, 4) is 0 Å². The minimum absolute atomic E-state index is 0.236. The average Bonchev–Trinajstić information content (AvgIpc) is 2.37. The highest BCUT2D eigenvalue weighted by Crippen LogP contribution is 2.19. The van der Waals surface area contributed by atoms with Gasteiger partial charge in [0.15, 0.2) is 0 Å². The van der Waals surface area contributed by atoms with E-state index in [0.29, 0.717) is 0 Å². The molecule has 9 heteroatoms. The standard InChI is InChI=1S/C12H22N4O5/c1-12(2,3)10(11(20)21)16-9(19)6-15-8(18)5-14-7(17)4-13/h10H,4-6,13H2,1-3H3,(H,14,17)(H,15,18)(H,16,19)(H,20,21). The van der Waals surface area contributed by atoms with E-state index in [9.17, 15) is 19.2 Å². The van der Waals surface area contributed by atoms with E-state index in [1.807, 2.05) is 0 Å². The van der Waals surface area contributed by atoms with Crippen LogP contribution in [0, 0.1) is 5.41 Å². The molecule has 0 radical (unpaired) electrons. The zero-order valence-corrected chi connectivity index (χ0v) is 12.4. The van der Waals surface area contributed by atoms with Crippen molar-refractivity contribution in [2.45, 2.75) is 26.8 Å². The van der Waals surface area contributed by atoms with Crippen molar-refractivity contribution in [3.05, 3.63) is 0 Å². The smallest absolute Gasteiger partial charge is 0.326 e. The molecule has 0 aliphatic heterocycles. The van der Waals surface area contributed by atoms with E-state index in [2.05, 4.69) is 16.0 Å². The quantitative estimate of drug-likeness (QED) is 0.360. The molecule has 0 aromatic heterocycles. The van der Waals surface area contributed by atoms with Gasteiger partial charge in [-0.05, 0) is 5.41 Å². The molecule has 1 atom stereocenters. The second-order valence-corrected chi connectivity index (χ2v) is 5.46. The summed E-state index contributed by atoms with van der Waals surface area (Å²) >= 11 is 0. The van der Waals surface area contributed by atoms with Crippen LogP contribution in [0.15, 0.2) is 0 Å². The van der Waals surface area contributed by atoms with Crippen LogP contribution in [0.2, 0.25) is 0 Å². The lowest BCUT2D eigenvalue weighted by Gasteiger charge is -2.27. The van der Waals surface area contributed by atoms with Gasteiger partial charge < -0.3 is 26.8 Å². The number of hydrogen-bond acceptors (Lipinski definition) is 5. The largest absolute Gasteiger partial charge is 0.480 e. The lowest BCUT2D eigenvalue weighted by atomic mass is 9.87.